The van der Waals surface area contributed by atoms with Crippen molar-refractivity contribution in [1.82, 2.24) is 19.1 Å². The summed E-state index contributed by atoms with van der Waals surface area (Å²) in [6.45, 7) is 0. The third kappa shape index (κ3) is 5.23. The van der Waals surface area contributed by atoms with Crippen LogP contribution in [0.3, 0.4) is 0 Å². The molecule has 0 spiro atoms. The molecule has 262 valence electrons. The zero-order chi connectivity index (χ0) is 37.0. The van der Waals surface area contributed by atoms with E-state index in [4.69, 9.17) is 9.97 Å². The highest BCUT2D eigenvalue weighted by Gasteiger charge is 2.18. The first-order valence-corrected chi connectivity index (χ1v) is 19.0. The summed E-state index contributed by atoms with van der Waals surface area (Å²) in [5, 5.41) is 4.95. The Morgan fingerprint density at radius 3 is 1.21 bits per heavy atom. The highest BCUT2D eigenvalue weighted by atomic mass is 15.0. The Labute approximate surface area is 324 Å². The van der Waals surface area contributed by atoms with Crippen LogP contribution in [0.15, 0.2) is 206 Å². The first-order valence-electron chi connectivity index (χ1n) is 19.0. The largest absolute Gasteiger partial charge is 0.309 e. The van der Waals surface area contributed by atoms with Crippen LogP contribution in [0.1, 0.15) is 0 Å². The van der Waals surface area contributed by atoms with Crippen molar-refractivity contribution < 1.29 is 0 Å². The van der Waals surface area contributed by atoms with Gasteiger partial charge in [0.15, 0.2) is 5.82 Å². The average Bonchev–Trinajstić information content (AvgIpc) is 3.79. The SMILES string of the molecule is c1ccc(-c2cc(-c3ccccc3)nc(-c3ccccc3-c3ccc4c5ccccc5n(-c5ccc(-n6c7ccccc7c7ccccc76)cc5)c4c3)n2)cc1. The normalized spacial score (nSPS) is 11.6. The molecular formula is C52H34N4. The summed E-state index contributed by atoms with van der Waals surface area (Å²) in [6.07, 6.45) is 0. The van der Waals surface area contributed by atoms with Gasteiger partial charge in [0.05, 0.1) is 33.5 Å². The maximum atomic E-state index is 5.20. The molecule has 4 nitrogen and oxygen atoms in total. The average molecular weight is 715 g/mol. The topological polar surface area (TPSA) is 35.6 Å². The van der Waals surface area contributed by atoms with Crippen LogP contribution < -0.4 is 0 Å². The molecule has 56 heavy (non-hydrogen) atoms. The van der Waals surface area contributed by atoms with Crippen molar-refractivity contribution in [2.45, 2.75) is 0 Å². The monoisotopic (exact) mass is 714 g/mol. The van der Waals surface area contributed by atoms with E-state index in [9.17, 15) is 0 Å². The van der Waals surface area contributed by atoms with Gasteiger partial charge in [-0.2, -0.15) is 0 Å². The maximum absolute atomic E-state index is 5.20. The predicted molar refractivity (Wildman–Crippen MR) is 232 cm³/mol. The van der Waals surface area contributed by atoms with Crippen molar-refractivity contribution in [3.8, 4) is 56.4 Å². The van der Waals surface area contributed by atoms with Crippen molar-refractivity contribution in [2.24, 2.45) is 0 Å². The van der Waals surface area contributed by atoms with Gasteiger partial charge in [0.1, 0.15) is 0 Å². The molecular weight excluding hydrogens is 681 g/mol. The molecule has 8 aromatic carbocycles. The van der Waals surface area contributed by atoms with Gasteiger partial charge in [-0.15, -0.1) is 0 Å². The molecule has 0 bridgehead atoms. The molecule has 0 atom stereocenters. The second-order valence-corrected chi connectivity index (χ2v) is 14.2. The molecule has 4 heteroatoms. The first-order chi connectivity index (χ1) is 27.8. The van der Waals surface area contributed by atoms with E-state index in [1.165, 1.54) is 38.1 Å². The second-order valence-electron chi connectivity index (χ2n) is 14.2. The van der Waals surface area contributed by atoms with E-state index in [2.05, 4.69) is 203 Å². The molecule has 3 heterocycles. The lowest BCUT2D eigenvalue weighted by molar-refractivity contribution is 1.14. The number of hydrogen-bond acceptors (Lipinski definition) is 2. The smallest absolute Gasteiger partial charge is 0.161 e. The highest BCUT2D eigenvalue weighted by molar-refractivity contribution is 6.11. The Morgan fingerprint density at radius 2 is 0.696 bits per heavy atom. The third-order valence-electron chi connectivity index (χ3n) is 11.0. The Balaban J connectivity index is 1.07. The van der Waals surface area contributed by atoms with E-state index in [-0.39, 0.29) is 0 Å². The lowest BCUT2D eigenvalue weighted by Gasteiger charge is -2.14. The summed E-state index contributed by atoms with van der Waals surface area (Å²) in [7, 11) is 0. The van der Waals surface area contributed by atoms with Crippen LogP contribution in [-0.2, 0) is 0 Å². The number of aromatic nitrogens is 4. The fraction of sp³-hybridized carbons (Fsp3) is 0. The zero-order valence-electron chi connectivity index (χ0n) is 30.4. The number of fused-ring (bicyclic) bond motifs is 6. The lowest BCUT2D eigenvalue weighted by atomic mass is 9.97. The molecule has 0 amide bonds. The van der Waals surface area contributed by atoms with Gasteiger partial charge in [0, 0.05) is 49.6 Å². The molecule has 0 aliphatic rings. The van der Waals surface area contributed by atoms with E-state index in [1.807, 2.05) is 12.1 Å². The van der Waals surface area contributed by atoms with E-state index in [0.29, 0.717) is 5.82 Å². The minimum absolute atomic E-state index is 0.696. The summed E-state index contributed by atoms with van der Waals surface area (Å²) in [5.41, 5.74) is 14.0. The molecule has 11 aromatic rings. The van der Waals surface area contributed by atoms with Crippen LogP contribution >= 0.6 is 0 Å². The Kier molecular flexibility index (Phi) is 7.46. The van der Waals surface area contributed by atoms with Gasteiger partial charge < -0.3 is 9.13 Å². The second kappa shape index (κ2) is 13.1. The number of hydrogen-bond donors (Lipinski definition) is 0. The number of rotatable bonds is 6. The fourth-order valence-corrected chi connectivity index (χ4v) is 8.38. The van der Waals surface area contributed by atoms with Gasteiger partial charge in [-0.05, 0) is 65.7 Å². The summed E-state index contributed by atoms with van der Waals surface area (Å²) in [5.74, 6) is 0.696. The van der Waals surface area contributed by atoms with Gasteiger partial charge in [-0.3, -0.25) is 0 Å². The molecule has 0 aliphatic carbocycles. The molecule has 0 fully saturated rings. The van der Waals surface area contributed by atoms with Crippen LogP contribution in [0, 0.1) is 0 Å². The van der Waals surface area contributed by atoms with Gasteiger partial charge in [-0.25, -0.2) is 9.97 Å². The standard InChI is InChI=1S/C52H34N4/c1-3-15-35(16-4-1)46-34-47(36-17-5-2-6-18-36)54-52(53-46)45-23-8-7-19-40(45)37-27-32-44-43-22-11-14-26-50(43)56(51(44)33-37)39-30-28-38(29-31-39)55-48-24-12-9-20-41(48)42-21-10-13-25-49(42)55/h1-34H. The fourth-order valence-electron chi connectivity index (χ4n) is 8.38. The molecule has 0 saturated heterocycles. The van der Waals surface area contributed by atoms with E-state index < -0.39 is 0 Å². The minimum atomic E-state index is 0.696. The minimum Gasteiger partial charge on any atom is -0.309 e. The number of benzene rings is 8. The number of para-hydroxylation sites is 3. The highest BCUT2D eigenvalue weighted by Crippen LogP contribution is 2.39. The van der Waals surface area contributed by atoms with Gasteiger partial charge >= 0.3 is 0 Å². The van der Waals surface area contributed by atoms with Crippen molar-refractivity contribution >= 4 is 43.6 Å². The quantitative estimate of drug-likeness (QED) is 0.172. The van der Waals surface area contributed by atoms with Crippen LogP contribution in [-0.4, -0.2) is 19.1 Å². The molecule has 0 saturated carbocycles. The van der Waals surface area contributed by atoms with E-state index in [0.717, 1.165) is 56.1 Å². The van der Waals surface area contributed by atoms with Crippen LogP contribution in [0.4, 0.5) is 0 Å². The maximum Gasteiger partial charge on any atom is 0.161 e. The molecule has 3 aromatic heterocycles. The zero-order valence-corrected chi connectivity index (χ0v) is 30.4. The van der Waals surface area contributed by atoms with Crippen molar-refractivity contribution in [1.29, 1.82) is 0 Å². The molecule has 0 radical (unpaired) electrons. The lowest BCUT2D eigenvalue weighted by Crippen LogP contribution is -1.98. The Bertz CT molecular complexity index is 3120. The van der Waals surface area contributed by atoms with E-state index in [1.54, 1.807) is 0 Å². The summed E-state index contributed by atoms with van der Waals surface area (Å²) in [6, 6.07) is 73.2. The third-order valence-corrected chi connectivity index (χ3v) is 11.0. The molecule has 0 aliphatic heterocycles. The number of nitrogens with zero attached hydrogens (tertiary/aromatic N) is 4. The van der Waals surface area contributed by atoms with E-state index >= 15 is 0 Å². The molecule has 11 rings (SSSR count). The van der Waals surface area contributed by atoms with Gasteiger partial charge in [0.2, 0.25) is 0 Å². The van der Waals surface area contributed by atoms with Crippen LogP contribution in [0.2, 0.25) is 0 Å². The van der Waals surface area contributed by atoms with Crippen molar-refractivity contribution in [3.05, 3.63) is 206 Å². The predicted octanol–water partition coefficient (Wildman–Crippen LogP) is 13.3. The summed E-state index contributed by atoms with van der Waals surface area (Å²) < 4.78 is 4.76. The Morgan fingerprint density at radius 1 is 0.286 bits per heavy atom. The first kappa shape index (κ1) is 31.9. The summed E-state index contributed by atoms with van der Waals surface area (Å²) >= 11 is 0. The Hall–Kier alpha value is -7.56. The van der Waals surface area contributed by atoms with Crippen LogP contribution in [0.5, 0.6) is 0 Å². The van der Waals surface area contributed by atoms with Crippen LogP contribution in [0.25, 0.3) is 100 Å². The van der Waals surface area contributed by atoms with Gasteiger partial charge in [0.25, 0.3) is 0 Å². The van der Waals surface area contributed by atoms with Gasteiger partial charge in [-0.1, -0.05) is 152 Å². The molecule has 0 N–H and O–H groups in total. The van der Waals surface area contributed by atoms with Crippen molar-refractivity contribution in [2.75, 3.05) is 0 Å². The van der Waals surface area contributed by atoms with Crippen molar-refractivity contribution in [3.63, 3.8) is 0 Å². The summed E-state index contributed by atoms with van der Waals surface area (Å²) in [4.78, 5) is 10.4. The molecule has 0 unspecified atom stereocenters.